The lowest BCUT2D eigenvalue weighted by molar-refractivity contribution is -0.132. The van der Waals surface area contributed by atoms with Gasteiger partial charge in [-0.3, -0.25) is 4.79 Å². The molecule has 0 atom stereocenters. The number of carbonyl (C=O) groups is 1. The van der Waals surface area contributed by atoms with E-state index < -0.39 is 0 Å². The first kappa shape index (κ1) is 19.5. The van der Waals surface area contributed by atoms with Crippen molar-refractivity contribution in [1.82, 2.24) is 20.1 Å². The van der Waals surface area contributed by atoms with Gasteiger partial charge in [0.1, 0.15) is 0 Å². The maximum absolute atomic E-state index is 12.4. The molecule has 1 aromatic carbocycles. The first-order valence-electron chi connectivity index (χ1n) is 9.92. The molecule has 0 saturated heterocycles. The third-order valence-electron chi connectivity index (χ3n) is 4.91. The molecule has 4 rings (SSSR count). The van der Waals surface area contributed by atoms with E-state index in [-0.39, 0.29) is 5.91 Å². The Bertz CT molecular complexity index is 995. The van der Waals surface area contributed by atoms with Crippen molar-refractivity contribution in [3.05, 3.63) is 52.5 Å². The fourth-order valence-corrected chi connectivity index (χ4v) is 4.36. The molecule has 150 valence electrons. The molecule has 1 amide bonds. The molecule has 3 heterocycles. The number of hydrogen-bond acceptors (Lipinski definition) is 6. The van der Waals surface area contributed by atoms with Crippen molar-refractivity contribution in [2.75, 3.05) is 11.9 Å². The number of rotatable bonds is 5. The van der Waals surface area contributed by atoms with Gasteiger partial charge < -0.3 is 10.2 Å². The van der Waals surface area contributed by atoms with E-state index in [0.717, 1.165) is 39.9 Å². The van der Waals surface area contributed by atoms with Gasteiger partial charge in [-0.05, 0) is 25.0 Å². The molecule has 1 aliphatic heterocycles. The molecule has 3 aromatic rings. The Labute approximate surface area is 175 Å². The topological polar surface area (TPSA) is 71.0 Å². The molecular formula is C22H25N5OS. The van der Waals surface area contributed by atoms with Crippen LogP contribution in [0.3, 0.4) is 0 Å². The number of nitrogens with one attached hydrogen (secondary N) is 1. The molecular weight excluding hydrogens is 382 g/mol. The normalized spacial score (nSPS) is 13.4. The van der Waals surface area contributed by atoms with Crippen LogP contribution in [0.2, 0.25) is 0 Å². The molecule has 6 nitrogen and oxygen atoms in total. The lowest BCUT2D eigenvalue weighted by atomic mass is 10.1. The fraction of sp³-hybridized carbons (Fsp3) is 0.364. The predicted molar refractivity (Wildman–Crippen MR) is 116 cm³/mol. The zero-order valence-corrected chi connectivity index (χ0v) is 17.8. The van der Waals surface area contributed by atoms with Crippen LogP contribution in [0.1, 0.15) is 36.4 Å². The number of thiazole rings is 1. The maximum Gasteiger partial charge on any atom is 0.223 e. The summed E-state index contributed by atoms with van der Waals surface area (Å²) in [5.74, 6) is 1.27. The van der Waals surface area contributed by atoms with Crippen molar-refractivity contribution in [2.45, 2.75) is 40.2 Å². The summed E-state index contributed by atoms with van der Waals surface area (Å²) in [5.41, 5.74) is 4.19. The molecule has 0 aliphatic carbocycles. The van der Waals surface area contributed by atoms with E-state index in [1.165, 1.54) is 5.56 Å². The second kappa shape index (κ2) is 8.29. The lowest BCUT2D eigenvalue weighted by Gasteiger charge is -2.26. The average molecular weight is 408 g/mol. The zero-order valence-electron chi connectivity index (χ0n) is 17.0. The zero-order chi connectivity index (χ0) is 20.4. The van der Waals surface area contributed by atoms with Crippen LogP contribution in [-0.2, 0) is 17.8 Å². The number of amides is 1. The van der Waals surface area contributed by atoms with E-state index in [1.807, 2.05) is 29.2 Å². The van der Waals surface area contributed by atoms with Gasteiger partial charge in [-0.15, -0.1) is 10.2 Å². The molecule has 0 saturated carbocycles. The monoisotopic (exact) mass is 407 g/mol. The standard InChI is InChI=1S/C22H25N5OS/c1-14(2)12-21(28)27-11-10-18-19(13-27)29-22(23-18)24-20-9-8-17(25-26-20)16-6-4-15(3)5-7-16/h4-9,14H,10-13H2,1-3H3,(H,23,24,26). The second-order valence-electron chi connectivity index (χ2n) is 7.85. The predicted octanol–water partition coefficient (Wildman–Crippen LogP) is 4.58. The summed E-state index contributed by atoms with van der Waals surface area (Å²) in [6, 6.07) is 12.1. The number of anilines is 2. The second-order valence-corrected chi connectivity index (χ2v) is 8.93. The Morgan fingerprint density at radius 1 is 1.17 bits per heavy atom. The molecule has 0 radical (unpaired) electrons. The van der Waals surface area contributed by atoms with Crippen LogP contribution < -0.4 is 5.32 Å². The summed E-state index contributed by atoms with van der Waals surface area (Å²) in [6.45, 7) is 7.61. The van der Waals surface area contributed by atoms with Gasteiger partial charge in [-0.1, -0.05) is 55.0 Å². The summed E-state index contributed by atoms with van der Waals surface area (Å²) < 4.78 is 0. The number of aromatic nitrogens is 3. The third kappa shape index (κ3) is 4.62. The van der Waals surface area contributed by atoms with E-state index in [1.54, 1.807) is 11.3 Å². The number of nitrogens with zero attached hydrogens (tertiary/aromatic N) is 4. The van der Waals surface area contributed by atoms with Gasteiger partial charge >= 0.3 is 0 Å². The molecule has 0 fully saturated rings. The Balaban J connectivity index is 1.43. The molecule has 0 bridgehead atoms. The number of hydrogen-bond donors (Lipinski definition) is 1. The smallest absolute Gasteiger partial charge is 0.223 e. The van der Waals surface area contributed by atoms with E-state index in [2.05, 4.69) is 48.4 Å². The largest absolute Gasteiger partial charge is 0.337 e. The summed E-state index contributed by atoms with van der Waals surface area (Å²) in [5, 5.41) is 12.7. The van der Waals surface area contributed by atoms with Crippen LogP contribution in [0.5, 0.6) is 0 Å². The summed E-state index contributed by atoms with van der Waals surface area (Å²) in [6.07, 6.45) is 1.40. The van der Waals surface area contributed by atoms with Crippen molar-refractivity contribution in [2.24, 2.45) is 5.92 Å². The SMILES string of the molecule is Cc1ccc(-c2ccc(Nc3nc4c(s3)CN(C(=O)CC(C)C)CC4)nn2)cc1. The van der Waals surface area contributed by atoms with Gasteiger partial charge in [0, 0.05) is 29.8 Å². The minimum atomic E-state index is 0.228. The Morgan fingerprint density at radius 3 is 2.66 bits per heavy atom. The van der Waals surface area contributed by atoms with Crippen LogP contribution in [0.25, 0.3) is 11.3 Å². The molecule has 1 aliphatic rings. The fourth-order valence-electron chi connectivity index (χ4n) is 3.33. The highest BCUT2D eigenvalue weighted by molar-refractivity contribution is 7.15. The Hall–Kier alpha value is -2.80. The number of benzene rings is 1. The third-order valence-corrected chi connectivity index (χ3v) is 5.91. The van der Waals surface area contributed by atoms with E-state index in [0.29, 0.717) is 24.7 Å². The maximum atomic E-state index is 12.4. The Morgan fingerprint density at radius 2 is 1.97 bits per heavy atom. The van der Waals surface area contributed by atoms with Gasteiger partial charge in [0.15, 0.2) is 10.9 Å². The highest BCUT2D eigenvalue weighted by Crippen LogP contribution is 2.30. The quantitative estimate of drug-likeness (QED) is 0.670. The highest BCUT2D eigenvalue weighted by atomic mass is 32.1. The van der Waals surface area contributed by atoms with Crippen LogP contribution >= 0.6 is 11.3 Å². The number of fused-ring (bicyclic) bond motifs is 1. The van der Waals surface area contributed by atoms with Crippen molar-refractivity contribution >= 4 is 28.2 Å². The molecule has 1 N–H and O–H groups in total. The molecule has 29 heavy (non-hydrogen) atoms. The minimum absolute atomic E-state index is 0.228. The average Bonchev–Trinajstić information content (AvgIpc) is 3.10. The van der Waals surface area contributed by atoms with E-state index >= 15 is 0 Å². The van der Waals surface area contributed by atoms with Crippen LogP contribution in [-0.4, -0.2) is 32.5 Å². The molecule has 2 aromatic heterocycles. The summed E-state index contributed by atoms with van der Waals surface area (Å²) in [4.78, 5) is 20.2. The molecule has 0 spiro atoms. The van der Waals surface area contributed by atoms with Gasteiger partial charge in [0.2, 0.25) is 5.91 Å². The minimum Gasteiger partial charge on any atom is -0.337 e. The Kier molecular flexibility index (Phi) is 5.58. The first-order valence-corrected chi connectivity index (χ1v) is 10.7. The van der Waals surface area contributed by atoms with E-state index in [9.17, 15) is 4.79 Å². The van der Waals surface area contributed by atoms with Crippen molar-refractivity contribution < 1.29 is 4.79 Å². The lowest BCUT2D eigenvalue weighted by Crippen LogP contribution is -2.36. The van der Waals surface area contributed by atoms with Crippen molar-refractivity contribution in [3.8, 4) is 11.3 Å². The first-order chi connectivity index (χ1) is 14.0. The van der Waals surface area contributed by atoms with Crippen molar-refractivity contribution in [1.29, 1.82) is 0 Å². The van der Waals surface area contributed by atoms with Gasteiger partial charge in [0.25, 0.3) is 0 Å². The van der Waals surface area contributed by atoms with Crippen LogP contribution in [0.4, 0.5) is 10.9 Å². The summed E-state index contributed by atoms with van der Waals surface area (Å²) >= 11 is 1.59. The van der Waals surface area contributed by atoms with Gasteiger partial charge in [-0.25, -0.2) is 4.98 Å². The molecule has 0 unspecified atom stereocenters. The van der Waals surface area contributed by atoms with Gasteiger partial charge in [0.05, 0.1) is 17.9 Å². The van der Waals surface area contributed by atoms with Crippen LogP contribution in [0.15, 0.2) is 36.4 Å². The molecule has 7 heteroatoms. The number of aryl methyl sites for hydroxylation is 1. The van der Waals surface area contributed by atoms with Crippen LogP contribution in [0, 0.1) is 12.8 Å². The van der Waals surface area contributed by atoms with Crippen molar-refractivity contribution in [3.63, 3.8) is 0 Å². The summed E-state index contributed by atoms with van der Waals surface area (Å²) in [7, 11) is 0. The number of carbonyl (C=O) groups excluding carboxylic acids is 1. The van der Waals surface area contributed by atoms with E-state index in [4.69, 9.17) is 4.98 Å². The van der Waals surface area contributed by atoms with Gasteiger partial charge in [-0.2, -0.15) is 0 Å². The highest BCUT2D eigenvalue weighted by Gasteiger charge is 2.24.